The minimum atomic E-state index is -1.40. The van der Waals surface area contributed by atoms with Gasteiger partial charge in [0, 0.05) is 39.5 Å². The van der Waals surface area contributed by atoms with Gasteiger partial charge in [0.1, 0.15) is 24.2 Å². The van der Waals surface area contributed by atoms with Gasteiger partial charge in [0.15, 0.2) is 6.10 Å². The molecule has 0 aromatic rings. The number of carbonyl (C=O) groups excluding carboxylic acids is 6. The summed E-state index contributed by atoms with van der Waals surface area (Å²) in [7, 11) is 2.96. The van der Waals surface area contributed by atoms with Crippen molar-refractivity contribution in [3.8, 4) is 0 Å². The zero-order valence-electron chi connectivity index (χ0n) is 25.6. The van der Waals surface area contributed by atoms with Crippen molar-refractivity contribution in [3.63, 3.8) is 0 Å². The van der Waals surface area contributed by atoms with E-state index in [9.17, 15) is 33.9 Å². The summed E-state index contributed by atoms with van der Waals surface area (Å²) in [5.41, 5.74) is 0. The van der Waals surface area contributed by atoms with Crippen LogP contribution in [-0.4, -0.2) is 125 Å². The average molecular weight is 616 g/mol. The highest BCUT2D eigenvalue weighted by atomic mass is 35.5. The Hall–Kier alpha value is -2.93. The maximum absolute atomic E-state index is 13.8. The van der Waals surface area contributed by atoms with E-state index in [1.165, 1.54) is 35.7 Å². The number of nitrogens with zero attached hydrogens (tertiary/aromatic N) is 3. The van der Waals surface area contributed by atoms with Gasteiger partial charge in [-0.1, -0.05) is 27.7 Å². The molecule has 2 aliphatic rings. The normalized spacial score (nSPS) is 28.6. The number of halogens is 1. The van der Waals surface area contributed by atoms with Crippen molar-refractivity contribution in [2.45, 2.75) is 96.7 Å². The number of rotatable bonds is 5. The van der Waals surface area contributed by atoms with Crippen molar-refractivity contribution in [1.29, 1.82) is 0 Å². The Labute approximate surface area is 252 Å². The zero-order chi connectivity index (χ0) is 31.9. The van der Waals surface area contributed by atoms with E-state index in [0.29, 0.717) is 12.8 Å². The molecule has 2 fully saturated rings. The number of aliphatic hydroxyl groups excluding tert-OH is 1. The summed E-state index contributed by atoms with van der Waals surface area (Å²) in [6, 6.07) is -3.79. The smallest absolute Gasteiger partial charge is 0.308 e. The summed E-state index contributed by atoms with van der Waals surface area (Å²) in [4.78, 5) is 83.8. The molecular formula is C28H46ClN5O8. The highest BCUT2D eigenvalue weighted by Crippen LogP contribution is 2.23. The number of fused-ring (bicyclic) bond motifs is 1. The second-order valence-corrected chi connectivity index (χ2v) is 12.1. The van der Waals surface area contributed by atoms with Crippen LogP contribution in [0.15, 0.2) is 0 Å². The number of cyclic esters (lactones) is 1. The molecule has 42 heavy (non-hydrogen) atoms. The highest BCUT2D eigenvalue weighted by molar-refractivity contribution is 6.18. The number of likely N-dealkylation sites (N-methyl/N-ethyl adjacent to an activating group) is 2. The minimum absolute atomic E-state index is 0.125. The van der Waals surface area contributed by atoms with E-state index < -0.39 is 71.9 Å². The molecule has 238 valence electrons. The van der Waals surface area contributed by atoms with Gasteiger partial charge in [-0.3, -0.25) is 28.8 Å². The van der Waals surface area contributed by atoms with Crippen molar-refractivity contribution in [2.75, 3.05) is 33.1 Å². The van der Waals surface area contributed by atoms with Gasteiger partial charge in [-0.15, -0.1) is 11.6 Å². The maximum Gasteiger partial charge on any atom is 0.308 e. The molecule has 0 spiro atoms. The van der Waals surface area contributed by atoms with E-state index in [4.69, 9.17) is 16.3 Å². The average Bonchev–Trinajstić information content (AvgIpc) is 3.43. The summed E-state index contributed by atoms with van der Waals surface area (Å²) in [5, 5.41) is 15.5. The fourth-order valence-corrected chi connectivity index (χ4v) is 5.37. The highest BCUT2D eigenvalue weighted by Gasteiger charge is 2.42. The number of aliphatic hydroxyl groups is 1. The lowest BCUT2D eigenvalue weighted by molar-refractivity contribution is -0.163. The van der Waals surface area contributed by atoms with Gasteiger partial charge in [-0.05, 0) is 31.6 Å². The lowest BCUT2D eigenvalue weighted by Gasteiger charge is -2.37. The first-order valence-electron chi connectivity index (χ1n) is 14.5. The largest absolute Gasteiger partial charge is 0.452 e. The number of amides is 5. The van der Waals surface area contributed by atoms with Crippen LogP contribution in [0, 0.1) is 11.8 Å². The third-order valence-corrected chi connectivity index (χ3v) is 8.22. The van der Waals surface area contributed by atoms with Gasteiger partial charge in [-0.2, -0.15) is 0 Å². The molecule has 2 aliphatic heterocycles. The van der Waals surface area contributed by atoms with E-state index in [2.05, 4.69) is 10.6 Å². The van der Waals surface area contributed by atoms with Crippen molar-refractivity contribution in [2.24, 2.45) is 11.8 Å². The zero-order valence-corrected chi connectivity index (χ0v) is 26.3. The topological polar surface area (TPSA) is 166 Å². The number of carbonyl (C=O) groups is 6. The van der Waals surface area contributed by atoms with Crippen LogP contribution in [0.2, 0.25) is 0 Å². The molecule has 6 atom stereocenters. The lowest BCUT2D eigenvalue weighted by Crippen LogP contribution is -2.60. The number of alkyl halides is 1. The first kappa shape index (κ1) is 35.3. The van der Waals surface area contributed by atoms with Crippen LogP contribution >= 0.6 is 11.6 Å². The van der Waals surface area contributed by atoms with Crippen molar-refractivity contribution >= 4 is 47.1 Å². The molecule has 0 bridgehead atoms. The number of hydrogen-bond acceptors (Lipinski definition) is 8. The molecule has 3 N–H and O–H groups in total. The first-order chi connectivity index (χ1) is 19.6. The quantitative estimate of drug-likeness (QED) is 0.284. The standard InChI is InChI=1S/C28H46ClN5O8/c1-15(2)22-27(40)33(7)23(16(3)4)28(41)32(6)17(5)24(37)30-11-10-21(36)42-20(13-18(35)14-29)26(39)34-12-8-9-19(34)25(38)31-22/h15-20,22-23,35H,8-14H2,1-7H3,(H,30,37)(H,31,38)/t17-,18?,19-,20+,22-,23?/m0/s1. The third-order valence-electron chi connectivity index (χ3n) is 7.87. The van der Waals surface area contributed by atoms with Crippen molar-refractivity contribution in [3.05, 3.63) is 0 Å². The molecule has 5 amide bonds. The molecule has 2 rings (SSSR count). The SMILES string of the molecule is CC(C)C1C(=O)N(C)[C@@H](C)C(=O)NCCC(=O)O[C@H](CC(O)CCl)C(=O)N2CCC[C@H]2C(=O)N[C@@H](C(C)C)C(=O)N1C. The summed E-state index contributed by atoms with van der Waals surface area (Å²) < 4.78 is 5.42. The Balaban J connectivity index is 2.51. The van der Waals surface area contributed by atoms with Crippen LogP contribution < -0.4 is 10.6 Å². The molecule has 0 saturated carbocycles. The molecule has 0 aliphatic carbocycles. The van der Waals surface area contributed by atoms with Gasteiger partial charge in [-0.25, -0.2) is 0 Å². The lowest BCUT2D eigenvalue weighted by atomic mass is 9.97. The number of nitrogens with one attached hydrogen (secondary N) is 2. The molecule has 2 unspecified atom stereocenters. The van der Waals surface area contributed by atoms with Crippen molar-refractivity contribution < 1.29 is 38.6 Å². The summed E-state index contributed by atoms with van der Waals surface area (Å²) >= 11 is 5.75. The van der Waals surface area contributed by atoms with Crippen LogP contribution in [0.1, 0.15) is 60.3 Å². The Morgan fingerprint density at radius 3 is 2.17 bits per heavy atom. The second-order valence-electron chi connectivity index (χ2n) is 11.7. The van der Waals surface area contributed by atoms with Gasteiger partial charge in [0.2, 0.25) is 23.6 Å². The van der Waals surface area contributed by atoms with Crippen LogP contribution in [0.25, 0.3) is 0 Å². The summed E-state index contributed by atoms with van der Waals surface area (Å²) in [5.74, 6) is -4.34. The summed E-state index contributed by atoms with van der Waals surface area (Å²) in [6.45, 7) is 8.71. The Kier molecular flexibility index (Phi) is 13.0. The molecule has 14 heteroatoms. The van der Waals surface area contributed by atoms with Crippen LogP contribution in [0.5, 0.6) is 0 Å². The van der Waals surface area contributed by atoms with Crippen molar-refractivity contribution in [1.82, 2.24) is 25.3 Å². The number of ether oxygens (including phenoxy) is 1. The van der Waals surface area contributed by atoms with Crippen LogP contribution in [-0.2, 0) is 33.5 Å². The van der Waals surface area contributed by atoms with Crippen LogP contribution in [0.4, 0.5) is 0 Å². The van der Waals surface area contributed by atoms with E-state index in [1.54, 1.807) is 27.7 Å². The molecule has 0 aromatic heterocycles. The number of esters is 1. The number of hydrogen-bond donors (Lipinski definition) is 3. The van der Waals surface area contributed by atoms with Gasteiger partial charge < -0.3 is 35.2 Å². The molecule has 2 heterocycles. The van der Waals surface area contributed by atoms with Crippen LogP contribution in [0.3, 0.4) is 0 Å². The Morgan fingerprint density at radius 2 is 1.60 bits per heavy atom. The first-order valence-corrected chi connectivity index (χ1v) is 15.0. The van der Waals surface area contributed by atoms with E-state index in [1.807, 2.05) is 0 Å². The van der Waals surface area contributed by atoms with Gasteiger partial charge in [0.25, 0.3) is 5.91 Å². The van der Waals surface area contributed by atoms with E-state index in [0.717, 1.165) is 0 Å². The predicted molar refractivity (Wildman–Crippen MR) is 154 cm³/mol. The van der Waals surface area contributed by atoms with Gasteiger partial charge in [0.05, 0.1) is 12.5 Å². The Morgan fingerprint density at radius 1 is 0.952 bits per heavy atom. The van der Waals surface area contributed by atoms with E-state index in [-0.39, 0.29) is 43.6 Å². The molecule has 2 saturated heterocycles. The molecule has 13 nitrogen and oxygen atoms in total. The molecule has 0 radical (unpaired) electrons. The van der Waals surface area contributed by atoms with Gasteiger partial charge >= 0.3 is 5.97 Å². The fraction of sp³-hybridized carbons (Fsp3) is 0.786. The minimum Gasteiger partial charge on any atom is -0.452 e. The Bertz CT molecular complexity index is 1020. The monoisotopic (exact) mass is 615 g/mol. The van der Waals surface area contributed by atoms with E-state index >= 15 is 0 Å². The fourth-order valence-electron chi connectivity index (χ4n) is 5.24. The predicted octanol–water partition coefficient (Wildman–Crippen LogP) is -0.130. The second kappa shape index (κ2) is 15.5. The molecule has 0 aromatic carbocycles. The molecular weight excluding hydrogens is 570 g/mol. The maximum atomic E-state index is 13.8. The summed E-state index contributed by atoms with van der Waals surface area (Å²) in [6.07, 6.45) is -2.27. The third kappa shape index (κ3) is 8.56.